The third kappa shape index (κ3) is 2.84. The van der Waals surface area contributed by atoms with Crippen LogP contribution in [-0.2, 0) is 0 Å². The average Bonchev–Trinajstić information content (AvgIpc) is 2.59. The maximum Gasteiger partial charge on any atom is 0.191 e. The highest BCUT2D eigenvalue weighted by Crippen LogP contribution is 2.08. The zero-order chi connectivity index (χ0) is 17.1. The second-order valence-electron chi connectivity index (χ2n) is 4.86. The van der Waals surface area contributed by atoms with Gasteiger partial charge in [0.2, 0.25) is 0 Å². The van der Waals surface area contributed by atoms with Crippen molar-refractivity contribution in [3.63, 3.8) is 0 Å². The molecule has 0 aliphatic carbocycles. The van der Waals surface area contributed by atoms with Crippen molar-refractivity contribution in [1.29, 1.82) is 5.41 Å². The second-order valence-corrected chi connectivity index (χ2v) is 4.86. The molecule has 0 aliphatic heterocycles. The Morgan fingerprint density at radius 2 is 1.92 bits per heavy atom. The molecule has 3 aromatic rings. The summed E-state index contributed by atoms with van der Waals surface area (Å²) in [4.78, 5) is 4.21. The van der Waals surface area contributed by atoms with Gasteiger partial charge in [0.25, 0.3) is 0 Å². The first kappa shape index (κ1) is 15.3. The molecule has 0 atom stereocenters. The fraction of sp³-hybridized carbons (Fsp3) is 0. The van der Waals surface area contributed by atoms with Gasteiger partial charge in [0.1, 0.15) is 11.3 Å². The van der Waals surface area contributed by atoms with Crippen molar-refractivity contribution >= 4 is 23.1 Å². The molecule has 3 rings (SSSR count). The Kier molecular flexibility index (Phi) is 4.02. The molecule has 0 bridgehead atoms. The summed E-state index contributed by atoms with van der Waals surface area (Å²) in [7, 11) is 0. The normalized spacial score (nSPS) is 12.1. The van der Waals surface area contributed by atoms with Crippen LogP contribution in [0.15, 0.2) is 58.7 Å². The van der Waals surface area contributed by atoms with Gasteiger partial charge in [-0.3, -0.25) is 5.41 Å². The van der Waals surface area contributed by atoms with Crippen molar-refractivity contribution in [3.8, 4) is 0 Å². The largest absolute Gasteiger partial charge is 0.426 e. The van der Waals surface area contributed by atoms with E-state index in [1.54, 1.807) is 36.4 Å². The van der Waals surface area contributed by atoms with Gasteiger partial charge in [-0.25, -0.2) is 9.37 Å². The van der Waals surface area contributed by atoms with Crippen LogP contribution >= 0.6 is 0 Å². The number of amidine groups is 1. The summed E-state index contributed by atoms with van der Waals surface area (Å²) in [6, 6.07) is 12.8. The molecule has 120 valence electrons. The van der Waals surface area contributed by atoms with Gasteiger partial charge in [-0.1, -0.05) is 30.3 Å². The van der Waals surface area contributed by atoms with Crippen LogP contribution in [0.5, 0.6) is 0 Å². The Hall–Kier alpha value is -3.55. The van der Waals surface area contributed by atoms with Gasteiger partial charge < -0.3 is 10.9 Å². The quantitative estimate of drug-likeness (QED) is 0.294. The summed E-state index contributed by atoms with van der Waals surface area (Å²) >= 11 is 0. The molecule has 2 aromatic carbocycles. The first-order valence-electron chi connectivity index (χ1n) is 6.95. The van der Waals surface area contributed by atoms with Crippen LogP contribution in [0.25, 0.3) is 11.0 Å². The van der Waals surface area contributed by atoms with Crippen molar-refractivity contribution in [2.45, 2.75) is 0 Å². The molecule has 8 heteroatoms. The van der Waals surface area contributed by atoms with Gasteiger partial charge in [0.05, 0.1) is 11.7 Å². The van der Waals surface area contributed by atoms with E-state index in [2.05, 4.69) is 15.2 Å². The number of aromatic nitrogens is 2. The molecule has 0 aliphatic rings. The van der Waals surface area contributed by atoms with E-state index in [0.29, 0.717) is 15.8 Å². The maximum absolute atomic E-state index is 13.5. The van der Waals surface area contributed by atoms with Crippen molar-refractivity contribution in [2.24, 2.45) is 15.9 Å². The van der Waals surface area contributed by atoms with Crippen molar-refractivity contribution in [1.82, 2.24) is 9.71 Å². The minimum absolute atomic E-state index is 0.0260. The van der Waals surface area contributed by atoms with Gasteiger partial charge in [0, 0.05) is 5.56 Å². The highest BCUT2D eigenvalue weighted by atomic mass is 19.1. The van der Waals surface area contributed by atoms with Crippen LogP contribution < -0.4 is 11.2 Å². The number of rotatable bonds is 3. The molecule has 7 nitrogen and oxygen atoms in total. The highest BCUT2D eigenvalue weighted by molar-refractivity contribution is 5.97. The Morgan fingerprint density at radius 3 is 2.71 bits per heavy atom. The summed E-state index contributed by atoms with van der Waals surface area (Å²) in [5.41, 5.74) is 6.51. The zero-order valence-electron chi connectivity index (χ0n) is 12.4. The predicted molar refractivity (Wildman–Crippen MR) is 87.5 cm³/mol. The number of nitrogens with zero attached hydrogens (tertiary/aromatic N) is 4. The minimum atomic E-state index is -0.437. The first-order valence-corrected chi connectivity index (χ1v) is 6.95. The van der Waals surface area contributed by atoms with Gasteiger partial charge in [0.15, 0.2) is 17.0 Å². The predicted octanol–water partition coefficient (Wildman–Crippen LogP) is 1.63. The molecular formula is C16H13FN6O. The molecule has 0 spiro atoms. The van der Waals surface area contributed by atoms with E-state index in [1.807, 2.05) is 0 Å². The number of para-hydroxylation sites is 2. The Balaban J connectivity index is 1.99. The summed E-state index contributed by atoms with van der Waals surface area (Å²) < 4.78 is 14.1. The highest BCUT2D eigenvalue weighted by Gasteiger charge is 2.10. The SMILES string of the molecule is N=c1c(C(N)=N/N=C\c2ccccc2F)nc2ccccc2n1O. The lowest BCUT2D eigenvalue weighted by Gasteiger charge is -2.06. The number of nitrogens with one attached hydrogen (secondary N) is 1. The summed E-state index contributed by atoms with van der Waals surface area (Å²) in [6.45, 7) is 0. The molecular weight excluding hydrogens is 311 g/mol. The van der Waals surface area contributed by atoms with Crippen LogP contribution in [0, 0.1) is 11.2 Å². The van der Waals surface area contributed by atoms with E-state index >= 15 is 0 Å². The molecule has 0 amide bonds. The van der Waals surface area contributed by atoms with Crippen molar-refractivity contribution < 1.29 is 9.60 Å². The molecule has 0 radical (unpaired) electrons. The number of fused-ring (bicyclic) bond motifs is 1. The fourth-order valence-electron chi connectivity index (χ4n) is 2.09. The van der Waals surface area contributed by atoms with Crippen LogP contribution in [0.4, 0.5) is 4.39 Å². The van der Waals surface area contributed by atoms with Crippen molar-refractivity contribution in [2.75, 3.05) is 0 Å². The average molecular weight is 324 g/mol. The Labute approximate surface area is 135 Å². The number of nitrogens with two attached hydrogens (primary N) is 1. The summed E-state index contributed by atoms with van der Waals surface area (Å²) in [6.07, 6.45) is 1.21. The third-order valence-corrected chi connectivity index (χ3v) is 3.29. The van der Waals surface area contributed by atoms with E-state index in [0.717, 1.165) is 0 Å². The third-order valence-electron chi connectivity index (χ3n) is 3.29. The molecule has 0 saturated heterocycles. The molecule has 1 aromatic heterocycles. The van der Waals surface area contributed by atoms with Crippen LogP contribution in [-0.4, -0.2) is 27.0 Å². The molecule has 1 heterocycles. The van der Waals surface area contributed by atoms with Crippen LogP contribution in [0.2, 0.25) is 0 Å². The Bertz CT molecular complexity index is 1020. The molecule has 0 fully saturated rings. The van der Waals surface area contributed by atoms with Crippen LogP contribution in [0.1, 0.15) is 11.3 Å². The summed E-state index contributed by atoms with van der Waals surface area (Å²) in [5.74, 6) is -0.602. The lowest BCUT2D eigenvalue weighted by Crippen LogP contribution is -2.31. The standard InChI is InChI=1S/C16H13FN6O/c17-11-6-2-1-5-10(11)9-20-22-15(18)14-16(19)23(24)13-8-4-3-7-12(13)21-14/h1-9,19,24H,(H2,18,22)/b19-16?,20-9-. The minimum Gasteiger partial charge on any atom is -0.426 e. The van der Waals surface area contributed by atoms with E-state index in [-0.39, 0.29) is 22.6 Å². The molecule has 0 unspecified atom stereocenters. The zero-order valence-corrected chi connectivity index (χ0v) is 12.4. The Morgan fingerprint density at radius 1 is 1.21 bits per heavy atom. The van der Waals surface area contributed by atoms with Crippen LogP contribution in [0.3, 0.4) is 0 Å². The van der Waals surface area contributed by atoms with E-state index < -0.39 is 5.82 Å². The molecule has 0 saturated carbocycles. The maximum atomic E-state index is 13.5. The lowest BCUT2D eigenvalue weighted by molar-refractivity contribution is 0.183. The van der Waals surface area contributed by atoms with Gasteiger partial charge in [-0.2, -0.15) is 9.83 Å². The molecule has 4 N–H and O–H groups in total. The number of hydrogen-bond donors (Lipinski definition) is 3. The van der Waals surface area contributed by atoms with E-state index in [9.17, 15) is 9.60 Å². The van der Waals surface area contributed by atoms with E-state index in [4.69, 9.17) is 11.1 Å². The van der Waals surface area contributed by atoms with Gasteiger partial charge in [-0.15, -0.1) is 5.10 Å². The number of benzene rings is 2. The van der Waals surface area contributed by atoms with Gasteiger partial charge >= 0.3 is 0 Å². The number of hydrogen-bond acceptors (Lipinski definition) is 5. The fourth-order valence-corrected chi connectivity index (χ4v) is 2.09. The molecule has 24 heavy (non-hydrogen) atoms. The first-order chi connectivity index (χ1) is 11.6. The smallest absolute Gasteiger partial charge is 0.191 e. The van der Waals surface area contributed by atoms with Gasteiger partial charge in [-0.05, 0) is 18.2 Å². The van der Waals surface area contributed by atoms with Crippen molar-refractivity contribution in [3.05, 3.63) is 71.1 Å². The topological polar surface area (TPSA) is 113 Å². The summed E-state index contributed by atoms with van der Waals surface area (Å²) in [5, 5.41) is 25.4. The number of halogens is 1. The second kappa shape index (κ2) is 6.29. The lowest BCUT2D eigenvalue weighted by atomic mass is 10.2. The van der Waals surface area contributed by atoms with E-state index in [1.165, 1.54) is 18.3 Å². The monoisotopic (exact) mass is 324 g/mol.